The van der Waals surface area contributed by atoms with Crippen molar-refractivity contribution in [2.24, 2.45) is 5.92 Å². The van der Waals surface area contributed by atoms with Crippen LogP contribution in [0.2, 0.25) is 10.0 Å². The Bertz CT molecular complexity index is 1340. The summed E-state index contributed by atoms with van der Waals surface area (Å²) in [5.74, 6) is 2.01. The minimum absolute atomic E-state index is 0. The molecule has 3 aromatic carbocycles. The molecule has 0 unspecified atom stereocenters. The van der Waals surface area contributed by atoms with Crippen molar-refractivity contribution in [2.75, 3.05) is 19.6 Å². The van der Waals surface area contributed by atoms with Gasteiger partial charge < -0.3 is 31.3 Å². The number of halogens is 3. The van der Waals surface area contributed by atoms with Crippen molar-refractivity contribution >= 4 is 23.2 Å². The minimum Gasteiger partial charge on any atom is -1.00 e. The van der Waals surface area contributed by atoms with Crippen LogP contribution >= 0.6 is 23.2 Å². The van der Waals surface area contributed by atoms with Gasteiger partial charge in [0.05, 0.1) is 23.1 Å². The summed E-state index contributed by atoms with van der Waals surface area (Å²) in [4.78, 5) is 4.75. The van der Waals surface area contributed by atoms with E-state index in [1.807, 2.05) is 66.7 Å². The van der Waals surface area contributed by atoms with Gasteiger partial charge in [-0.1, -0.05) is 89.0 Å². The number of aliphatic hydroxyl groups is 1. The van der Waals surface area contributed by atoms with Crippen molar-refractivity contribution in [1.29, 1.82) is 0 Å². The zero-order valence-electron chi connectivity index (χ0n) is 20.6. The molecular weight excluding hydrogens is 545 g/mol. The lowest BCUT2D eigenvalue weighted by Crippen LogP contribution is -3.00. The third-order valence-corrected chi connectivity index (χ3v) is 8.60. The van der Waals surface area contributed by atoms with E-state index in [2.05, 4.69) is 5.16 Å². The van der Waals surface area contributed by atoms with Crippen LogP contribution in [-0.4, -0.2) is 45.5 Å². The summed E-state index contributed by atoms with van der Waals surface area (Å²) in [5, 5.41) is 17.3. The number of aromatic nitrogens is 2. The molecule has 0 amide bonds. The Morgan fingerprint density at radius 2 is 1.55 bits per heavy atom. The molecule has 3 aliphatic rings. The molecule has 6 nitrogen and oxygen atoms in total. The molecule has 198 valence electrons. The second-order valence-corrected chi connectivity index (χ2v) is 11.0. The highest BCUT2D eigenvalue weighted by Gasteiger charge is 2.48. The lowest BCUT2D eigenvalue weighted by molar-refractivity contribution is -0.959. The Labute approximate surface area is 238 Å². The van der Waals surface area contributed by atoms with Crippen LogP contribution in [-0.2, 0) is 12.1 Å². The lowest BCUT2D eigenvalue weighted by atomic mass is 9.83. The third-order valence-electron chi connectivity index (χ3n) is 7.87. The number of hydrogen-bond donors (Lipinski definition) is 1. The van der Waals surface area contributed by atoms with E-state index < -0.39 is 5.60 Å². The number of benzene rings is 3. The molecular formula is C29H28Cl3N3O3. The second-order valence-electron chi connectivity index (χ2n) is 10.2. The summed E-state index contributed by atoms with van der Waals surface area (Å²) in [6, 6.07) is 24.4. The molecule has 0 radical (unpaired) electrons. The van der Waals surface area contributed by atoms with Crippen LogP contribution in [0.5, 0.6) is 5.75 Å². The Kier molecular flexibility index (Phi) is 7.72. The van der Waals surface area contributed by atoms with Crippen LogP contribution < -0.4 is 17.1 Å². The summed E-state index contributed by atoms with van der Waals surface area (Å²) in [6.45, 7) is 3.52. The minimum atomic E-state index is -1.52. The SMILES string of the molecule is OC(c1ccccc1)(c1ccccc1)c1noc(C[N+]23CCC(CC2)[C@@H](Oc2ccc(Cl)c(Cl)c2)C3)n1.[Cl-]. The summed E-state index contributed by atoms with van der Waals surface area (Å²) >= 11 is 12.3. The van der Waals surface area contributed by atoms with Crippen LogP contribution in [0.3, 0.4) is 0 Å². The number of piperidine rings is 3. The van der Waals surface area contributed by atoms with Crippen molar-refractivity contribution in [3.63, 3.8) is 0 Å². The standard InChI is InChI=1S/C29H28Cl2N3O3.ClH/c30-24-12-11-23(17-25(24)31)36-26-18-34(15-13-20(26)14-16-34)19-27-32-28(33-37-27)29(35,21-7-3-1-4-8-21)22-9-5-2-6-10-22;/h1-12,17,20,26,35H,13-16,18-19H2;1H/q+1;/p-1/t20?,26-,34?;/m0./s1. The van der Waals surface area contributed by atoms with Crippen LogP contribution in [0, 0.1) is 5.92 Å². The van der Waals surface area contributed by atoms with Crippen LogP contribution in [0.1, 0.15) is 35.7 Å². The quantitative estimate of drug-likeness (QED) is 0.345. The van der Waals surface area contributed by atoms with Crippen molar-refractivity contribution in [2.45, 2.75) is 31.1 Å². The molecule has 1 aromatic heterocycles. The van der Waals surface area contributed by atoms with Gasteiger partial charge in [0.15, 0.2) is 18.2 Å². The first-order valence-electron chi connectivity index (χ1n) is 12.6. The summed E-state index contributed by atoms with van der Waals surface area (Å²) in [6.07, 6.45) is 2.23. The molecule has 0 aliphatic carbocycles. The molecule has 2 bridgehead atoms. The molecule has 0 saturated carbocycles. The van der Waals surface area contributed by atoms with Gasteiger partial charge >= 0.3 is 0 Å². The van der Waals surface area contributed by atoms with E-state index in [-0.39, 0.29) is 24.3 Å². The van der Waals surface area contributed by atoms with Gasteiger partial charge in [-0.25, -0.2) is 0 Å². The Balaban J connectivity index is 0.00000294. The monoisotopic (exact) mass is 571 g/mol. The van der Waals surface area contributed by atoms with Gasteiger partial charge in [-0.2, -0.15) is 4.98 Å². The van der Waals surface area contributed by atoms with E-state index in [1.54, 1.807) is 12.1 Å². The van der Waals surface area contributed by atoms with Gasteiger partial charge in [0.2, 0.25) is 5.82 Å². The van der Waals surface area contributed by atoms with Gasteiger partial charge in [-0.3, -0.25) is 0 Å². The average molecular weight is 573 g/mol. The van der Waals surface area contributed by atoms with E-state index in [4.69, 9.17) is 37.4 Å². The van der Waals surface area contributed by atoms with Crippen LogP contribution in [0.25, 0.3) is 0 Å². The molecule has 0 spiro atoms. The Hall–Kier alpha value is -2.61. The molecule has 1 N–H and O–H groups in total. The number of ether oxygens (including phenoxy) is 1. The van der Waals surface area contributed by atoms with Crippen molar-refractivity contribution in [3.8, 4) is 5.75 Å². The molecule has 3 saturated heterocycles. The molecule has 1 atom stereocenters. The van der Waals surface area contributed by atoms with E-state index in [9.17, 15) is 5.11 Å². The molecule has 3 aliphatic heterocycles. The number of rotatable bonds is 7. The maximum Gasteiger partial charge on any atom is 0.282 e. The molecule has 4 aromatic rings. The van der Waals surface area contributed by atoms with Gasteiger partial charge in [0.25, 0.3) is 5.89 Å². The third kappa shape index (κ3) is 5.04. The smallest absolute Gasteiger partial charge is 0.282 e. The zero-order chi connectivity index (χ0) is 25.5. The highest BCUT2D eigenvalue weighted by molar-refractivity contribution is 6.42. The lowest BCUT2D eigenvalue weighted by Gasteiger charge is -2.51. The topological polar surface area (TPSA) is 68.4 Å². The summed E-state index contributed by atoms with van der Waals surface area (Å²) < 4.78 is 13.0. The van der Waals surface area contributed by atoms with Crippen LogP contribution in [0.4, 0.5) is 0 Å². The zero-order valence-corrected chi connectivity index (χ0v) is 22.9. The maximum absolute atomic E-state index is 12.0. The molecule has 9 heteroatoms. The maximum atomic E-state index is 12.0. The highest BCUT2D eigenvalue weighted by atomic mass is 35.5. The fourth-order valence-corrected chi connectivity index (χ4v) is 6.13. The Morgan fingerprint density at radius 1 is 0.921 bits per heavy atom. The number of hydrogen-bond acceptors (Lipinski definition) is 5. The van der Waals surface area contributed by atoms with Gasteiger partial charge in [-0.05, 0) is 23.3 Å². The molecule has 7 rings (SSSR count). The van der Waals surface area contributed by atoms with E-state index in [0.29, 0.717) is 39.5 Å². The fraction of sp³-hybridized carbons (Fsp3) is 0.310. The predicted octanol–water partition coefficient (Wildman–Crippen LogP) is 2.85. The van der Waals surface area contributed by atoms with E-state index in [1.165, 1.54) is 0 Å². The largest absolute Gasteiger partial charge is 1.00 e. The van der Waals surface area contributed by atoms with Crippen molar-refractivity contribution in [3.05, 3.63) is 112 Å². The molecule has 4 heterocycles. The molecule has 38 heavy (non-hydrogen) atoms. The van der Waals surface area contributed by atoms with Gasteiger partial charge in [0.1, 0.15) is 12.3 Å². The first kappa shape index (κ1) is 27.0. The first-order valence-corrected chi connectivity index (χ1v) is 13.3. The summed E-state index contributed by atoms with van der Waals surface area (Å²) in [7, 11) is 0. The van der Waals surface area contributed by atoms with Crippen LogP contribution in [0.15, 0.2) is 83.4 Å². The fourth-order valence-electron chi connectivity index (χ4n) is 5.84. The molecule has 3 fully saturated rings. The van der Waals surface area contributed by atoms with E-state index in [0.717, 1.165) is 42.7 Å². The van der Waals surface area contributed by atoms with Gasteiger partial charge in [-0.15, -0.1) is 0 Å². The highest BCUT2D eigenvalue weighted by Crippen LogP contribution is 2.39. The number of quaternary nitrogens is 1. The van der Waals surface area contributed by atoms with Crippen molar-refractivity contribution in [1.82, 2.24) is 10.1 Å². The van der Waals surface area contributed by atoms with Gasteiger partial charge in [0, 0.05) is 24.8 Å². The number of fused-ring (bicyclic) bond motifs is 3. The van der Waals surface area contributed by atoms with Crippen molar-refractivity contribution < 1.29 is 31.3 Å². The second kappa shape index (κ2) is 10.9. The first-order chi connectivity index (χ1) is 18.0. The number of nitrogens with zero attached hydrogens (tertiary/aromatic N) is 3. The predicted molar refractivity (Wildman–Crippen MR) is 141 cm³/mol. The summed E-state index contributed by atoms with van der Waals surface area (Å²) in [5.41, 5.74) is -0.137. The Morgan fingerprint density at radius 3 is 2.16 bits per heavy atom. The normalized spacial score (nSPS) is 22.6. The average Bonchev–Trinajstić information content (AvgIpc) is 3.40. The van der Waals surface area contributed by atoms with E-state index >= 15 is 0 Å².